The van der Waals surface area contributed by atoms with Crippen molar-refractivity contribution in [3.8, 4) is 0 Å². The smallest absolute Gasteiger partial charge is 0.222 e. The Kier molecular flexibility index (Phi) is 3.16. The molecule has 5 heteroatoms. The fraction of sp³-hybridized carbons (Fsp3) is 0.133. The highest BCUT2D eigenvalue weighted by Crippen LogP contribution is 2.21. The van der Waals surface area contributed by atoms with Crippen molar-refractivity contribution in [1.29, 1.82) is 0 Å². The predicted octanol–water partition coefficient (Wildman–Crippen LogP) is 2.53. The van der Waals surface area contributed by atoms with Crippen LogP contribution in [0.3, 0.4) is 0 Å². The molecule has 3 N–H and O–H groups in total. The molecule has 20 heavy (non-hydrogen) atoms. The van der Waals surface area contributed by atoms with Gasteiger partial charge in [0.05, 0.1) is 5.52 Å². The third-order valence-corrected chi connectivity index (χ3v) is 3.20. The number of fused-ring (bicyclic) bond motifs is 1. The fourth-order valence-electron chi connectivity index (χ4n) is 2.11. The maximum Gasteiger partial charge on any atom is 0.222 e. The maximum absolute atomic E-state index is 5.75. The fourth-order valence-corrected chi connectivity index (χ4v) is 2.11. The van der Waals surface area contributed by atoms with Crippen LogP contribution in [0.5, 0.6) is 0 Å². The van der Waals surface area contributed by atoms with Gasteiger partial charge in [0.1, 0.15) is 5.82 Å². The molecule has 0 saturated carbocycles. The van der Waals surface area contributed by atoms with E-state index in [0.29, 0.717) is 6.54 Å². The molecule has 0 aliphatic carbocycles. The monoisotopic (exact) mass is 265 g/mol. The molecule has 1 aromatic carbocycles. The van der Waals surface area contributed by atoms with Gasteiger partial charge in [-0.3, -0.25) is 4.98 Å². The lowest BCUT2D eigenvalue weighted by molar-refractivity contribution is 1.07. The van der Waals surface area contributed by atoms with Crippen LogP contribution in [0.25, 0.3) is 10.9 Å². The zero-order chi connectivity index (χ0) is 13.9. The van der Waals surface area contributed by atoms with Crippen LogP contribution in [0.1, 0.15) is 11.1 Å². The number of nitrogens with two attached hydrogens (primary N) is 1. The number of nitrogens with zero attached hydrogens (tertiary/aromatic N) is 3. The van der Waals surface area contributed by atoms with Crippen molar-refractivity contribution in [3.63, 3.8) is 0 Å². The number of nitrogens with one attached hydrogen (secondary N) is 1. The summed E-state index contributed by atoms with van der Waals surface area (Å²) >= 11 is 0. The molecule has 0 fully saturated rings. The van der Waals surface area contributed by atoms with Crippen molar-refractivity contribution in [2.75, 3.05) is 11.1 Å². The van der Waals surface area contributed by atoms with Crippen molar-refractivity contribution in [1.82, 2.24) is 15.0 Å². The van der Waals surface area contributed by atoms with Gasteiger partial charge in [-0.15, -0.1) is 0 Å². The van der Waals surface area contributed by atoms with Crippen LogP contribution >= 0.6 is 0 Å². The molecule has 0 aliphatic heterocycles. The summed E-state index contributed by atoms with van der Waals surface area (Å²) in [6.07, 6.45) is 3.64. The van der Waals surface area contributed by atoms with Crippen LogP contribution in [0.2, 0.25) is 0 Å². The summed E-state index contributed by atoms with van der Waals surface area (Å²) in [5, 5.41) is 4.29. The Bertz CT molecular complexity index is 754. The van der Waals surface area contributed by atoms with E-state index in [4.69, 9.17) is 5.73 Å². The van der Waals surface area contributed by atoms with E-state index < -0.39 is 0 Å². The van der Waals surface area contributed by atoms with Crippen LogP contribution in [0.4, 0.5) is 11.8 Å². The second kappa shape index (κ2) is 5.13. The number of nitrogen functional groups attached to an aromatic ring is 1. The van der Waals surface area contributed by atoms with Gasteiger partial charge in [-0.25, -0.2) is 4.98 Å². The molecule has 3 rings (SSSR count). The minimum Gasteiger partial charge on any atom is -0.368 e. The first-order valence-corrected chi connectivity index (χ1v) is 6.39. The highest BCUT2D eigenvalue weighted by atomic mass is 15.1. The van der Waals surface area contributed by atoms with Crippen molar-refractivity contribution < 1.29 is 0 Å². The molecule has 0 radical (unpaired) electrons. The maximum atomic E-state index is 5.75. The average Bonchev–Trinajstić information content (AvgIpc) is 2.46. The van der Waals surface area contributed by atoms with E-state index in [2.05, 4.69) is 20.3 Å². The lowest BCUT2D eigenvalue weighted by Gasteiger charge is -2.10. The molecule has 5 nitrogen and oxygen atoms in total. The first-order valence-electron chi connectivity index (χ1n) is 6.39. The number of anilines is 2. The molecular formula is C15H15N5. The number of aryl methyl sites for hydroxylation is 1. The van der Waals surface area contributed by atoms with Crippen LogP contribution in [-0.2, 0) is 6.54 Å². The topological polar surface area (TPSA) is 76.7 Å². The predicted molar refractivity (Wildman–Crippen MR) is 80.3 cm³/mol. The number of pyridine rings is 1. The Morgan fingerprint density at radius 1 is 1.15 bits per heavy atom. The SMILES string of the molecule is Cc1cnccc1CNc1nc(N)nc2ccccc12. The van der Waals surface area contributed by atoms with Crippen molar-refractivity contribution in [2.24, 2.45) is 0 Å². The third kappa shape index (κ3) is 2.38. The van der Waals surface area contributed by atoms with E-state index in [9.17, 15) is 0 Å². The zero-order valence-corrected chi connectivity index (χ0v) is 11.2. The largest absolute Gasteiger partial charge is 0.368 e. The van der Waals surface area contributed by atoms with Crippen molar-refractivity contribution in [3.05, 3.63) is 53.9 Å². The molecule has 0 saturated heterocycles. The van der Waals surface area contributed by atoms with Gasteiger partial charge in [0.15, 0.2) is 0 Å². The summed E-state index contributed by atoms with van der Waals surface area (Å²) in [5.41, 5.74) is 8.92. The Labute approximate surface area is 116 Å². The quantitative estimate of drug-likeness (QED) is 0.761. The summed E-state index contributed by atoms with van der Waals surface area (Å²) in [6.45, 7) is 2.71. The van der Waals surface area contributed by atoms with Crippen LogP contribution in [-0.4, -0.2) is 15.0 Å². The number of hydrogen-bond acceptors (Lipinski definition) is 5. The number of benzene rings is 1. The Hall–Kier alpha value is -2.69. The molecule has 2 aromatic heterocycles. The first kappa shape index (κ1) is 12.3. The van der Waals surface area contributed by atoms with Gasteiger partial charge in [-0.2, -0.15) is 4.98 Å². The second-order valence-electron chi connectivity index (χ2n) is 4.60. The lowest BCUT2D eigenvalue weighted by atomic mass is 10.1. The van der Waals surface area contributed by atoms with Crippen LogP contribution in [0, 0.1) is 6.92 Å². The number of hydrogen-bond donors (Lipinski definition) is 2. The van der Waals surface area contributed by atoms with E-state index in [-0.39, 0.29) is 5.95 Å². The van der Waals surface area contributed by atoms with Gasteiger partial charge >= 0.3 is 0 Å². The summed E-state index contributed by atoms with van der Waals surface area (Å²) < 4.78 is 0. The molecule has 100 valence electrons. The highest BCUT2D eigenvalue weighted by molar-refractivity contribution is 5.89. The van der Waals surface area contributed by atoms with E-state index in [1.807, 2.05) is 43.5 Å². The minimum absolute atomic E-state index is 0.276. The van der Waals surface area contributed by atoms with E-state index in [1.54, 1.807) is 6.20 Å². The Balaban J connectivity index is 1.93. The molecule has 0 aliphatic rings. The highest BCUT2D eigenvalue weighted by Gasteiger charge is 2.06. The number of aromatic nitrogens is 3. The zero-order valence-electron chi connectivity index (χ0n) is 11.2. The molecule has 0 amide bonds. The van der Waals surface area contributed by atoms with E-state index in [1.165, 1.54) is 5.56 Å². The Morgan fingerprint density at radius 2 is 2.00 bits per heavy atom. The van der Waals surface area contributed by atoms with E-state index >= 15 is 0 Å². The van der Waals surface area contributed by atoms with Gasteiger partial charge in [-0.1, -0.05) is 12.1 Å². The molecular weight excluding hydrogens is 250 g/mol. The normalized spacial score (nSPS) is 10.7. The second-order valence-corrected chi connectivity index (χ2v) is 4.60. The van der Waals surface area contributed by atoms with Crippen molar-refractivity contribution in [2.45, 2.75) is 13.5 Å². The van der Waals surface area contributed by atoms with Gasteiger partial charge in [0, 0.05) is 24.3 Å². The standard InChI is InChI=1S/C15H15N5/c1-10-8-17-7-6-11(10)9-18-14-12-4-2-3-5-13(12)19-15(16)20-14/h2-8H,9H2,1H3,(H3,16,18,19,20). The lowest BCUT2D eigenvalue weighted by Crippen LogP contribution is -2.06. The summed E-state index contributed by atoms with van der Waals surface area (Å²) in [7, 11) is 0. The molecule has 0 atom stereocenters. The van der Waals surface area contributed by atoms with Crippen molar-refractivity contribution >= 4 is 22.7 Å². The molecule has 0 bridgehead atoms. The van der Waals surface area contributed by atoms with Gasteiger partial charge in [0.25, 0.3) is 0 Å². The van der Waals surface area contributed by atoms with Gasteiger partial charge in [-0.05, 0) is 36.2 Å². The first-order chi connectivity index (χ1) is 9.74. The Morgan fingerprint density at radius 3 is 2.85 bits per heavy atom. The van der Waals surface area contributed by atoms with Gasteiger partial charge < -0.3 is 11.1 Å². The average molecular weight is 265 g/mol. The molecule has 0 spiro atoms. The number of para-hydroxylation sites is 1. The van der Waals surface area contributed by atoms with E-state index in [0.717, 1.165) is 22.3 Å². The minimum atomic E-state index is 0.276. The molecule has 3 aromatic rings. The summed E-state index contributed by atoms with van der Waals surface area (Å²) in [5.74, 6) is 1.03. The van der Waals surface area contributed by atoms with Crippen LogP contribution < -0.4 is 11.1 Å². The number of rotatable bonds is 3. The summed E-state index contributed by atoms with van der Waals surface area (Å²) in [4.78, 5) is 12.6. The summed E-state index contributed by atoms with van der Waals surface area (Å²) in [6, 6.07) is 9.80. The molecule has 0 unspecified atom stereocenters. The van der Waals surface area contributed by atoms with Gasteiger partial charge in [0.2, 0.25) is 5.95 Å². The van der Waals surface area contributed by atoms with Crippen LogP contribution in [0.15, 0.2) is 42.7 Å². The third-order valence-electron chi connectivity index (χ3n) is 3.20. The molecule has 2 heterocycles.